The number of nitrogens with one attached hydrogen (secondary N) is 2. The van der Waals surface area contributed by atoms with Crippen LogP contribution < -0.4 is 15.7 Å². The second-order valence-electron chi connectivity index (χ2n) is 6.63. The summed E-state index contributed by atoms with van der Waals surface area (Å²) in [4.78, 5) is 51.7. The molecule has 3 N–H and O–H groups in total. The fraction of sp³-hybridized carbons (Fsp3) is 0.200. The first-order valence-corrected chi connectivity index (χ1v) is 9.41. The third kappa shape index (κ3) is 4.27. The molecule has 9 nitrogen and oxygen atoms in total. The van der Waals surface area contributed by atoms with Crippen molar-refractivity contribution in [3.05, 3.63) is 59.1 Å². The zero-order valence-electron chi connectivity index (χ0n) is 16.0. The van der Waals surface area contributed by atoms with Gasteiger partial charge in [-0.25, -0.2) is 15.2 Å². The second-order valence-corrected chi connectivity index (χ2v) is 7.07. The Labute approximate surface area is 177 Å². The van der Waals surface area contributed by atoms with Gasteiger partial charge in [0.15, 0.2) is 0 Å². The van der Waals surface area contributed by atoms with Gasteiger partial charge in [-0.1, -0.05) is 23.7 Å². The molecule has 10 heteroatoms. The maximum absolute atomic E-state index is 12.8. The van der Waals surface area contributed by atoms with Crippen LogP contribution in [0.5, 0.6) is 0 Å². The van der Waals surface area contributed by atoms with E-state index in [0.717, 1.165) is 4.90 Å². The number of carbonyl (C=O) groups excluding carboxylic acids is 4. The van der Waals surface area contributed by atoms with Crippen molar-refractivity contribution in [1.82, 2.24) is 10.4 Å². The smallest absolute Gasteiger partial charge is 0.325 e. The van der Waals surface area contributed by atoms with Crippen molar-refractivity contribution in [3.63, 3.8) is 0 Å². The first kappa shape index (κ1) is 21.3. The number of likely N-dealkylation sites (N-methyl/N-ethyl adjacent to an activating group) is 1. The maximum Gasteiger partial charge on any atom is 0.331 e. The summed E-state index contributed by atoms with van der Waals surface area (Å²) in [7, 11) is 1.50. The zero-order chi connectivity index (χ0) is 21.8. The van der Waals surface area contributed by atoms with Gasteiger partial charge in [-0.15, -0.1) is 0 Å². The van der Waals surface area contributed by atoms with Crippen LogP contribution in [0.4, 0.5) is 16.2 Å². The molecule has 1 fully saturated rings. The number of imide groups is 1. The van der Waals surface area contributed by atoms with Crippen molar-refractivity contribution < 1.29 is 24.4 Å². The highest BCUT2D eigenvalue weighted by Gasteiger charge is 2.43. The minimum atomic E-state index is -0.796. The predicted molar refractivity (Wildman–Crippen MR) is 109 cm³/mol. The van der Waals surface area contributed by atoms with E-state index in [1.54, 1.807) is 36.4 Å². The normalized spacial score (nSPS) is 16.0. The number of hydrogen-bond donors (Lipinski definition) is 3. The standard InChI is InChI=1S/C20H19ClN4O5/c1-24-16(19(28)25(20(24)29)13-8-6-12(21)7-9-13)10-11-17(26)22-15-5-3-2-4-14(15)18(27)23-30/h2-9,16,30H,10-11H2,1H3,(H,22,26)(H,23,27). The molecule has 1 unspecified atom stereocenters. The van der Waals surface area contributed by atoms with Gasteiger partial charge in [0.1, 0.15) is 6.04 Å². The molecule has 30 heavy (non-hydrogen) atoms. The van der Waals surface area contributed by atoms with Crippen molar-refractivity contribution in [2.24, 2.45) is 0 Å². The van der Waals surface area contributed by atoms with Crippen LogP contribution in [0.1, 0.15) is 23.2 Å². The Balaban J connectivity index is 1.66. The van der Waals surface area contributed by atoms with E-state index in [4.69, 9.17) is 16.8 Å². The quantitative estimate of drug-likeness (QED) is 0.370. The number of amides is 5. The summed E-state index contributed by atoms with van der Waals surface area (Å²) >= 11 is 5.86. The number of carbonyl (C=O) groups is 4. The summed E-state index contributed by atoms with van der Waals surface area (Å²) in [5.74, 6) is -1.63. The fourth-order valence-corrected chi connectivity index (χ4v) is 3.30. The average Bonchev–Trinajstić information content (AvgIpc) is 2.95. The molecule has 0 aliphatic carbocycles. The highest BCUT2D eigenvalue weighted by atomic mass is 35.5. The maximum atomic E-state index is 12.8. The van der Waals surface area contributed by atoms with Crippen LogP contribution in [0.2, 0.25) is 5.02 Å². The molecule has 0 saturated carbocycles. The molecule has 1 atom stereocenters. The van der Waals surface area contributed by atoms with Gasteiger partial charge in [0.25, 0.3) is 11.8 Å². The third-order valence-corrected chi connectivity index (χ3v) is 4.99. The van der Waals surface area contributed by atoms with E-state index >= 15 is 0 Å². The van der Waals surface area contributed by atoms with Crippen molar-refractivity contribution in [2.45, 2.75) is 18.9 Å². The van der Waals surface area contributed by atoms with Gasteiger partial charge in [-0.2, -0.15) is 0 Å². The average molecular weight is 431 g/mol. The first-order chi connectivity index (χ1) is 14.3. The lowest BCUT2D eigenvalue weighted by atomic mass is 10.1. The lowest BCUT2D eigenvalue weighted by Crippen LogP contribution is -2.32. The van der Waals surface area contributed by atoms with E-state index in [0.29, 0.717) is 10.7 Å². The SMILES string of the molecule is CN1C(=O)N(c2ccc(Cl)cc2)C(=O)C1CCC(=O)Nc1ccccc1C(=O)NO. The number of nitrogens with zero attached hydrogens (tertiary/aromatic N) is 2. The van der Waals surface area contributed by atoms with Gasteiger partial charge >= 0.3 is 6.03 Å². The van der Waals surface area contributed by atoms with Crippen LogP contribution >= 0.6 is 11.6 Å². The van der Waals surface area contributed by atoms with Gasteiger partial charge in [0.05, 0.1) is 16.9 Å². The molecule has 2 aromatic carbocycles. The lowest BCUT2D eigenvalue weighted by Gasteiger charge is -2.16. The highest BCUT2D eigenvalue weighted by molar-refractivity contribution is 6.30. The molecule has 5 amide bonds. The lowest BCUT2D eigenvalue weighted by molar-refractivity contribution is -0.120. The Morgan fingerprint density at radius 3 is 2.43 bits per heavy atom. The van der Waals surface area contributed by atoms with E-state index in [1.807, 2.05) is 0 Å². The van der Waals surface area contributed by atoms with Crippen LogP contribution in [0, 0.1) is 0 Å². The number of para-hydroxylation sites is 1. The Hall–Kier alpha value is -3.43. The van der Waals surface area contributed by atoms with E-state index in [-0.39, 0.29) is 24.1 Å². The Morgan fingerprint density at radius 1 is 1.10 bits per heavy atom. The van der Waals surface area contributed by atoms with Crippen LogP contribution in [-0.4, -0.2) is 46.9 Å². The van der Waals surface area contributed by atoms with Crippen molar-refractivity contribution in [1.29, 1.82) is 0 Å². The summed E-state index contributed by atoms with van der Waals surface area (Å²) < 4.78 is 0. The van der Waals surface area contributed by atoms with E-state index in [2.05, 4.69) is 5.32 Å². The monoisotopic (exact) mass is 430 g/mol. The molecule has 3 rings (SSSR count). The van der Waals surface area contributed by atoms with Crippen LogP contribution in [0.25, 0.3) is 0 Å². The molecular formula is C20H19ClN4O5. The third-order valence-electron chi connectivity index (χ3n) is 4.74. The van der Waals surface area contributed by atoms with Crippen molar-refractivity contribution >= 4 is 46.7 Å². The molecule has 2 aromatic rings. The topological polar surface area (TPSA) is 119 Å². The molecule has 1 aliphatic heterocycles. The molecule has 1 aliphatic rings. The fourth-order valence-electron chi connectivity index (χ4n) is 3.18. The highest BCUT2D eigenvalue weighted by Crippen LogP contribution is 2.27. The molecule has 0 radical (unpaired) electrons. The minimum Gasteiger partial charge on any atom is -0.325 e. The second kappa shape index (κ2) is 8.93. The number of urea groups is 1. The van der Waals surface area contributed by atoms with E-state index in [9.17, 15) is 19.2 Å². The van der Waals surface area contributed by atoms with Crippen LogP contribution in [0.3, 0.4) is 0 Å². The number of halogens is 1. The zero-order valence-corrected chi connectivity index (χ0v) is 16.7. The van der Waals surface area contributed by atoms with Gasteiger partial charge in [-0.3, -0.25) is 19.6 Å². The molecule has 0 aromatic heterocycles. The molecule has 0 bridgehead atoms. The van der Waals surface area contributed by atoms with Crippen LogP contribution in [0.15, 0.2) is 48.5 Å². The Kier molecular flexibility index (Phi) is 6.34. The molecule has 156 valence electrons. The number of benzene rings is 2. The summed E-state index contributed by atoms with van der Waals surface area (Å²) in [6.07, 6.45) is 0.0446. The Bertz CT molecular complexity index is 995. The Morgan fingerprint density at radius 2 is 1.77 bits per heavy atom. The van der Waals surface area contributed by atoms with E-state index < -0.39 is 29.8 Å². The summed E-state index contributed by atoms with van der Waals surface area (Å²) in [6.45, 7) is 0. The predicted octanol–water partition coefficient (Wildman–Crippen LogP) is 2.64. The summed E-state index contributed by atoms with van der Waals surface area (Å²) in [5, 5.41) is 11.9. The van der Waals surface area contributed by atoms with Gasteiger partial charge < -0.3 is 10.2 Å². The number of rotatable bonds is 6. The molecular weight excluding hydrogens is 412 g/mol. The molecule has 0 spiro atoms. The number of hydroxylamine groups is 1. The number of hydrogen-bond acceptors (Lipinski definition) is 5. The first-order valence-electron chi connectivity index (χ1n) is 9.03. The van der Waals surface area contributed by atoms with Gasteiger partial charge in [0, 0.05) is 18.5 Å². The van der Waals surface area contributed by atoms with Crippen LogP contribution in [-0.2, 0) is 9.59 Å². The van der Waals surface area contributed by atoms with Gasteiger partial charge in [0.2, 0.25) is 5.91 Å². The number of anilines is 2. The molecule has 1 saturated heterocycles. The largest absolute Gasteiger partial charge is 0.331 e. The minimum absolute atomic E-state index is 0.0580. The van der Waals surface area contributed by atoms with Crippen molar-refractivity contribution in [2.75, 3.05) is 17.3 Å². The summed E-state index contributed by atoms with van der Waals surface area (Å²) in [6, 6.07) is 11.2. The summed E-state index contributed by atoms with van der Waals surface area (Å²) in [5.41, 5.74) is 2.23. The van der Waals surface area contributed by atoms with Crippen molar-refractivity contribution in [3.8, 4) is 0 Å². The van der Waals surface area contributed by atoms with E-state index in [1.165, 1.54) is 29.6 Å². The molecule has 1 heterocycles. The van der Waals surface area contributed by atoms with Gasteiger partial charge in [-0.05, 0) is 42.8 Å².